The molecule has 0 bridgehead atoms. The molecule has 0 fully saturated rings. The first kappa shape index (κ1) is 23.9. The minimum absolute atomic E-state index is 0.731. The van der Waals surface area contributed by atoms with Crippen molar-refractivity contribution in [3.63, 3.8) is 0 Å². The van der Waals surface area contributed by atoms with E-state index in [0.29, 0.717) is 0 Å². The Hall–Kier alpha value is -5.58. The Morgan fingerprint density at radius 1 is 0.455 bits per heavy atom. The van der Waals surface area contributed by atoms with Gasteiger partial charge in [0.05, 0.1) is 22.2 Å². The third-order valence-electron chi connectivity index (χ3n) is 8.96. The van der Waals surface area contributed by atoms with Crippen LogP contribution in [0.4, 0.5) is 0 Å². The summed E-state index contributed by atoms with van der Waals surface area (Å²) in [6.45, 7) is 0. The third kappa shape index (κ3) is 3.31. The van der Waals surface area contributed by atoms with Crippen LogP contribution in [0.2, 0.25) is 0 Å². The van der Waals surface area contributed by atoms with Gasteiger partial charge in [-0.1, -0.05) is 84.9 Å². The van der Waals surface area contributed by atoms with Crippen LogP contribution in [0.25, 0.3) is 92.0 Å². The lowest BCUT2D eigenvalue weighted by molar-refractivity contribution is 1.18. The Balaban J connectivity index is 1.22. The first-order valence-electron chi connectivity index (χ1n) is 14.8. The highest BCUT2D eigenvalue weighted by atomic mass is 32.1. The van der Waals surface area contributed by atoms with Gasteiger partial charge in [-0.2, -0.15) is 0 Å². The molecule has 44 heavy (non-hydrogen) atoms. The van der Waals surface area contributed by atoms with Crippen molar-refractivity contribution in [2.45, 2.75) is 0 Å². The summed E-state index contributed by atoms with van der Waals surface area (Å²) >= 11 is 1.89. The lowest BCUT2D eigenvalue weighted by Gasteiger charge is -2.12. The van der Waals surface area contributed by atoms with E-state index in [-0.39, 0.29) is 0 Å². The Bertz CT molecular complexity index is 2600. The van der Waals surface area contributed by atoms with E-state index in [1.165, 1.54) is 52.8 Å². The molecule has 0 radical (unpaired) electrons. The average Bonchev–Trinajstić information content (AvgIpc) is 3.34. The zero-order valence-corrected chi connectivity index (χ0v) is 24.3. The van der Waals surface area contributed by atoms with Gasteiger partial charge < -0.3 is 4.57 Å². The van der Waals surface area contributed by atoms with E-state index in [2.05, 4.69) is 126 Å². The number of fused-ring (bicyclic) bond motifs is 1. The smallest absolute Gasteiger partial charge is 0.160 e. The maximum atomic E-state index is 5.10. The highest BCUT2D eigenvalue weighted by Crippen LogP contribution is 2.46. The van der Waals surface area contributed by atoms with Crippen molar-refractivity contribution < 1.29 is 0 Å². The molecule has 7 aromatic carbocycles. The number of nitrogens with zero attached hydrogens (tertiary/aromatic N) is 3. The molecule has 0 unspecified atom stereocenters. The second-order valence-electron chi connectivity index (χ2n) is 11.4. The van der Waals surface area contributed by atoms with Crippen LogP contribution in [0.3, 0.4) is 0 Å². The molecule has 0 atom stereocenters. The molecule has 0 aliphatic rings. The topological polar surface area (TPSA) is 30.7 Å². The van der Waals surface area contributed by atoms with Crippen LogP contribution < -0.4 is 0 Å². The molecule has 3 heterocycles. The second-order valence-corrected chi connectivity index (χ2v) is 12.5. The molecule has 0 aliphatic carbocycles. The molecular formula is C40H23N3S. The van der Waals surface area contributed by atoms with Crippen molar-refractivity contribution in [1.29, 1.82) is 0 Å². The molecule has 0 spiro atoms. The summed E-state index contributed by atoms with van der Waals surface area (Å²) in [6, 6.07) is 49.9. The van der Waals surface area contributed by atoms with Gasteiger partial charge >= 0.3 is 0 Å². The summed E-state index contributed by atoms with van der Waals surface area (Å²) in [7, 11) is 0. The maximum Gasteiger partial charge on any atom is 0.160 e. The van der Waals surface area contributed by atoms with Gasteiger partial charge in [0.15, 0.2) is 5.82 Å². The summed E-state index contributed by atoms with van der Waals surface area (Å²) in [5.41, 5.74) is 7.56. The van der Waals surface area contributed by atoms with E-state index in [9.17, 15) is 0 Å². The summed E-state index contributed by atoms with van der Waals surface area (Å²) in [5, 5.41) is 8.99. The lowest BCUT2D eigenvalue weighted by atomic mass is 10.00. The fourth-order valence-electron chi connectivity index (χ4n) is 7.03. The zero-order valence-electron chi connectivity index (χ0n) is 23.5. The third-order valence-corrected chi connectivity index (χ3v) is 10.1. The molecule has 3 aromatic heterocycles. The largest absolute Gasteiger partial charge is 0.309 e. The van der Waals surface area contributed by atoms with E-state index in [1.807, 2.05) is 29.5 Å². The summed E-state index contributed by atoms with van der Waals surface area (Å²) in [6.07, 6.45) is 0. The van der Waals surface area contributed by atoms with Crippen molar-refractivity contribution in [1.82, 2.24) is 14.5 Å². The van der Waals surface area contributed by atoms with E-state index in [0.717, 1.165) is 39.2 Å². The van der Waals surface area contributed by atoms with Crippen molar-refractivity contribution in [2.75, 3.05) is 0 Å². The van der Waals surface area contributed by atoms with Gasteiger partial charge in [0.1, 0.15) is 0 Å². The summed E-state index contributed by atoms with van der Waals surface area (Å²) in [5.74, 6) is 0.731. The number of para-hydroxylation sites is 1. The summed E-state index contributed by atoms with van der Waals surface area (Å²) < 4.78 is 5.05. The Morgan fingerprint density at radius 2 is 1.09 bits per heavy atom. The monoisotopic (exact) mass is 577 g/mol. The highest BCUT2D eigenvalue weighted by molar-refractivity contribution is 7.24. The molecule has 10 rings (SSSR count). The zero-order chi connectivity index (χ0) is 28.8. The molecule has 0 saturated carbocycles. The van der Waals surface area contributed by atoms with E-state index >= 15 is 0 Å². The van der Waals surface area contributed by atoms with Crippen LogP contribution in [0.1, 0.15) is 0 Å². The molecule has 204 valence electrons. The van der Waals surface area contributed by atoms with Crippen LogP contribution in [0, 0.1) is 0 Å². The fraction of sp³-hybridized carbons (Fsp3) is 0. The Kier molecular flexibility index (Phi) is 4.87. The normalized spacial score (nSPS) is 12.1. The van der Waals surface area contributed by atoms with Crippen molar-refractivity contribution in [2.24, 2.45) is 0 Å². The number of aromatic nitrogens is 3. The molecule has 0 N–H and O–H groups in total. The standard InChI is InChI=1S/C40H23N3S/c1-2-8-26(9-3-1)39-29-12-4-5-13-30(29)41-40(42-39)27-16-20-28(21-17-27)43-31-22-18-24-10-6-14-33-35(24)37(31)38-32(43)23-19-25-11-7-15-34(44-33)36(25)38/h1-23H. The molecule has 0 saturated heterocycles. The molecular weight excluding hydrogens is 555 g/mol. The fourth-order valence-corrected chi connectivity index (χ4v) is 8.20. The molecule has 4 heteroatoms. The quantitative estimate of drug-likeness (QED) is 0.209. The predicted molar refractivity (Wildman–Crippen MR) is 186 cm³/mol. The first-order valence-corrected chi connectivity index (χ1v) is 15.7. The van der Waals surface area contributed by atoms with Gasteiger partial charge in [-0.3, -0.25) is 0 Å². The predicted octanol–water partition coefficient (Wildman–Crippen LogP) is 11.0. The number of rotatable bonds is 3. The minimum atomic E-state index is 0.731. The number of hydrogen-bond donors (Lipinski definition) is 0. The lowest BCUT2D eigenvalue weighted by Crippen LogP contribution is -1.97. The Morgan fingerprint density at radius 3 is 1.77 bits per heavy atom. The molecule has 0 aliphatic heterocycles. The Labute approximate surface area is 256 Å². The van der Waals surface area contributed by atoms with Gasteiger partial charge in [0, 0.05) is 53.1 Å². The van der Waals surface area contributed by atoms with Crippen LogP contribution in [0.5, 0.6) is 0 Å². The summed E-state index contributed by atoms with van der Waals surface area (Å²) in [4.78, 5) is 10.1. The van der Waals surface area contributed by atoms with Gasteiger partial charge in [0.25, 0.3) is 0 Å². The van der Waals surface area contributed by atoms with E-state index in [1.54, 1.807) is 0 Å². The van der Waals surface area contributed by atoms with Crippen LogP contribution in [-0.2, 0) is 0 Å². The molecule has 3 nitrogen and oxygen atoms in total. The molecule has 0 amide bonds. The average molecular weight is 578 g/mol. The SMILES string of the molecule is c1ccc(-c2nc(-c3ccc(-n4c5ccc6cccc7sc8cccc9ccc4c(c98)c5c67)cc3)nc3ccccc23)cc1. The van der Waals surface area contributed by atoms with Crippen molar-refractivity contribution in [3.8, 4) is 28.3 Å². The molecule has 10 aromatic rings. The maximum absolute atomic E-state index is 5.10. The van der Waals surface area contributed by atoms with Crippen LogP contribution in [0.15, 0.2) is 140 Å². The van der Waals surface area contributed by atoms with Gasteiger partial charge in [-0.25, -0.2) is 9.97 Å². The second kappa shape index (κ2) is 8.96. The van der Waals surface area contributed by atoms with E-state index < -0.39 is 0 Å². The van der Waals surface area contributed by atoms with E-state index in [4.69, 9.17) is 9.97 Å². The van der Waals surface area contributed by atoms with Crippen molar-refractivity contribution in [3.05, 3.63) is 140 Å². The first-order chi connectivity index (χ1) is 21.8. The van der Waals surface area contributed by atoms with Crippen LogP contribution in [-0.4, -0.2) is 14.5 Å². The number of benzene rings is 7. The van der Waals surface area contributed by atoms with Gasteiger partial charge in [0.2, 0.25) is 0 Å². The number of hydrogen-bond acceptors (Lipinski definition) is 3. The van der Waals surface area contributed by atoms with Crippen molar-refractivity contribution >= 4 is 75.0 Å². The van der Waals surface area contributed by atoms with Crippen LogP contribution >= 0.6 is 11.3 Å². The highest BCUT2D eigenvalue weighted by Gasteiger charge is 2.20. The van der Waals surface area contributed by atoms with Gasteiger partial charge in [-0.05, 0) is 65.4 Å². The minimum Gasteiger partial charge on any atom is -0.309 e. The van der Waals surface area contributed by atoms with Gasteiger partial charge in [-0.15, -0.1) is 11.3 Å².